The molecule has 0 aromatic heterocycles. The molecule has 0 radical (unpaired) electrons. The molecule has 1 heterocycles. The molecule has 1 N–H and O–H groups in total. The lowest BCUT2D eigenvalue weighted by atomic mass is 10.0. The first-order valence-corrected chi connectivity index (χ1v) is 11.6. The van der Waals surface area contributed by atoms with E-state index in [1.54, 1.807) is 24.3 Å². The molecule has 0 saturated carbocycles. The fraction of sp³-hybridized carbons (Fsp3) is 0.148. The summed E-state index contributed by atoms with van der Waals surface area (Å²) in [6.07, 6.45) is 1.42. The second-order valence-corrected chi connectivity index (χ2v) is 8.97. The first-order chi connectivity index (χ1) is 16.8. The molecule has 7 nitrogen and oxygen atoms in total. The van der Waals surface area contributed by atoms with Crippen molar-refractivity contribution in [3.63, 3.8) is 0 Å². The van der Waals surface area contributed by atoms with Gasteiger partial charge in [-0.05, 0) is 82.4 Å². The number of amides is 4. The molecular weight excluding hydrogens is 512 g/mol. The maximum atomic E-state index is 13.2. The van der Waals surface area contributed by atoms with E-state index in [4.69, 9.17) is 9.47 Å². The highest BCUT2D eigenvalue weighted by Gasteiger charge is 2.37. The molecule has 3 aromatic carbocycles. The molecule has 1 aliphatic heterocycles. The highest BCUT2D eigenvalue weighted by Crippen LogP contribution is 2.38. The van der Waals surface area contributed by atoms with Gasteiger partial charge in [0.2, 0.25) is 0 Å². The number of aryl methyl sites for hydroxylation is 2. The Kier molecular flexibility index (Phi) is 7.02. The van der Waals surface area contributed by atoms with Crippen LogP contribution in [0.25, 0.3) is 6.08 Å². The summed E-state index contributed by atoms with van der Waals surface area (Å²) in [7, 11) is 1.51. The Morgan fingerprint density at radius 1 is 0.971 bits per heavy atom. The predicted molar refractivity (Wildman–Crippen MR) is 136 cm³/mol. The summed E-state index contributed by atoms with van der Waals surface area (Å²) in [5.74, 6) is -0.554. The van der Waals surface area contributed by atoms with Crippen molar-refractivity contribution in [2.24, 2.45) is 0 Å². The molecule has 0 aliphatic carbocycles. The molecular formula is C27H23BrN2O5. The van der Waals surface area contributed by atoms with Crippen molar-refractivity contribution in [3.8, 4) is 11.5 Å². The molecule has 4 amide bonds. The Balaban J connectivity index is 1.66. The number of carbonyl (C=O) groups is 3. The summed E-state index contributed by atoms with van der Waals surface area (Å²) in [4.78, 5) is 39.3. The van der Waals surface area contributed by atoms with Gasteiger partial charge in [-0.25, -0.2) is 9.69 Å². The van der Waals surface area contributed by atoms with Crippen LogP contribution >= 0.6 is 15.9 Å². The molecule has 3 aromatic rings. The van der Waals surface area contributed by atoms with Crippen molar-refractivity contribution in [2.75, 3.05) is 12.0 Å². The van der Waals surface area contributed by atoms with E-state index in [9.17, 15) is 14.4 Å². The van der Waals surface area contributed by atoms with E-state index in [-0.39, 0.29) is 5.57 Å². The molecule has 178 valence electrons. The second-order valence-electron chi connectivity index (χ2n) is 8.11. The Hall–Kier alpha value is -3.91. The third kappa shape index (κ3) is 5.27. The molecule has 0 atom stereocenters. The maximum Gasteiger partial charge on any atom is 0.335 e. The lowest BCUT2D eigenvalue weighted by molar-refractivity contribution is -0.122. The van der Waals surface area contributed by atoms with Gasteiger partial charge in [-0.1, -0.05) is 36.4 Å². The molecule has 0 bridgehead atoms. The third-order valence-corrected chi connectivity index (χ3v) is 5.94. The van der Waals surface area contributed by atoms with Gasteiger partial charge in [-0.3, -0.25) is 14.9 Å². The van der Waals surface area contributed by atoms with Crippen LogP contribution in [0.1, 0.15) is 22.3 Å². The molecule has 0 unspecified atom stereocenters. The van der Waals surface area contributed by atoms with E-state index in [1.807, 2.05) is 50.2 Å². The van der Waals surface area contributed by atoms with E-state index in [2.05, 4.69) is 21.2 Å². The topological polar surface area (TPSA) is 84.9 Å². The number of rotatable bonds is 6. The van der Waals surface area contributed by atoms with Crippen molar-refractivity contribution in [2.45, 2.75) is 20.5 Å². The average molecular weight is 535 g/mol. The number of anilines is 1. The van der Waals surface area contributed by atoms with E-state index in [0.29, 0.717) is 33.8 Å². The molecule has 35 heavy (non-hydrogen) atoms. The van der Waals surface area contributed by atoms with E-state index < -0.39 is 17.8 Å². The standard InChI is InChI=1S/C27H23BrN2O5/c1-16-9-17(2)11-20(10-16)30-26(32)21(25(31)29-27(30)33)12-19-13-22(28)24(23(14-19)34-3)35-15-18-7-5-4-6-8-18/h4-14H,15H2,1-3H3,(H,29,31,33). The zero-order chi connectivity index (χ0) is 25.1. The van der Waals surface area contributed by atoms with Crippen molar-refractivity contribution >= 4 is 45.5 Å². The van der Waals surface area contributed by atoms with Crippen LogP contribution in [0.2, 0.25) is 0 Å². The van der Waals surface area contributed by atoms with Gasteiger partial charge in [0.05, 0.1) is 17.3 Å². The number of halogens is 1. The minimum absolute atomic E-state index is 0.171. The Morgan fingerprint density at radius 3 is 2.31 bits per heavy atom. The van der Waals surface area contributed by atoms with E-state index >= 15 is 0 Å². The quantitative estimate of drug-likeness (QED) is 0.341. The van der Waals surface area contributed by atoms with Gasteiger partial charge < -0.3 is 9.47 Å². The average Bonchev–Trinajstić information content (AvgIpc) is 2.80. The normalized spacial score (nSPS) is 14.8. The number of hydrogen-bond acceptors (Lipinski definition) is 5. The van der Waals surface area contributed by atoms with Crippen LogP contribution < -0.4 is 19.7 Å². The molecule has 4 rings (SSSR count). The zero-order valence-electron chi connectivity index (χ0n) is 19.4. The summed E-state index contributed by atoms with van der Waals surface area (Å²) in [5.41, 5.74) is 3.52. The van der Waals surface area contributed by atoms with E-state index in [1.165, 1.54) is 13.2 Å². The number of nitrogens with zero attached hydrogens (tertiary/aromatic N) is 1. The monoisotopic (exact) mass is 534 g/mol. The van der Waals surface area contributed by atoms with Crippen LogP contribution in [0, 0.1) is 13.8 Å². The van der Waals surface area contributed by atoms with E-state index in [0.717, 1.165) is 21.6 Å². The van der Waals surface area contributed by atoms with Gasteiger partial charge >= 0.3 is 6.03 Å². The van der Waals surface area contributed by atoms with Crippen molar-refractivity contribution in [1.82, 2.24) is 5.32 Å². The van der Waals surface area contributed by atoms with Crippen molar-refractivity contribution in [3.05, 3.63) is 93.0 Å². The lowest BCUT2D eigenvalue weighted by Crippen LogP contribution is -2.54. The SMILES string of the molecule is COc1cc(C=C2C(=O)NC(=O)N(c3cc(C)cc(C)c3)C2=O)cc(Br)c1OCc1ccccc1. The molecule has 1 fully saturated rings. The fourth-order valence-electron chi connectivity index (χ4n) is 3.83. The van der Waals surface area contributed by atoms with Gasteiger partial charge in [-0.15, -0.1) is 0 Å². The Labute approximate surface area is 211 Å². The van der Waals surface area contributed by atoms with Gasteiger partial charge in [-0.2, -0.15) is 0 Å². The highest BCUT2D eigenvalue weighted by atomic mass is 79.9. The number of barbiturate groups is 1. The predicted octanol–water partition coefficient (Wildman–Crippen LogP) is 5.32. The van der Waals surface area contributed by atoms with Crippen molar-refractivity contribution < 1.29 is 23.9 Å². The number of methoxy groups -OCH3 is 1. The van der Waals surface area contributed by atoms with Crippen molar-refractivity contribution in [1.29, 1.82) is 0 Å². The summed E-state index contributed by atoms with van der Waals surface area (Å²) in [5, 5.41) is 2.25. The Bertz CT molecular complexity index is 1330. The summed E-state index contributed by atoms with van der Waals surface area (Å²) >= 11 is 3.50. The zero-order valence-corrected chi connectivity index (χ0v) is 21.0. The number of urea groups is 1. The first-order valence-electron chi connectivity index (χ1n) is 10.8. The van der Waals surface area contributed by atoms with Gasteiger partial charge in [0.25, 0.3) is 11.8 Å². The third-order valence-electron chi connectivity index (χ3n) is 5.36. The minimum atomic E-state index is -0.787. The van der Waals surface area contributed by atoms with Gasteiger partial charge in [0.1, 0.15) is 12.2 Å². The molecule has 0 spiro atoms. The van der Waals surface area contributed by atoms with Crippen LogP contribution in [0.3, 0.4) is 0 Å². The number of benzene rings is 3. The van der Waals surface area contributed by atoms with Crippen LogP contribution in [-0.2, 0) is 16.2 Å². The first kappa shape index (κ1) is 24.2. The van der Waals surface area contributed by atoms with Gasteiger partial charge in [0.15, 0.2) is 11.5 Å². The Morgan fingerprint density at radius 2 is 1.66 bits per heavy atom. The van der Waals surface area contributed by atoms with Crippen LogP contribution in [0.15, 0.2) is 70.7 Å². The number of hydrogen-bond donors (Lipinski definition) is 1. The summed E-state index contributed by atoms with van der Waals surface area (Å²) < 4.78 is 12.0. The molecule has 1 saturated heterocycles. The van der Waals surface area contributed by atoms with Crippen LogP contribution in [-0.4, -0.2) is 25.0 Å². The number of carbonyl (C=O) groups excluding carboxylic acids is 3. The number of imide groups is 2. The van der Waals surface area contributed by atoms with Crippen LogP contribution in [0.5, 0.6) is 11.5 Å². The van der Waals surface area contributed by atoms with Gasteiger partial charge in [0, 0.05) is 0 Å². The maximum absolute atomic E-state index is 13.2. The summed E-state index contributed by atoms with van der Waals surface area (Å²) in [6, 6.07) is 17.7. The largest absolute Gasteiger partial charge is 0.493 e. The number of nitrogens with one attached hydrogen (secondary N) is 1. The number of ether oxygens (including phenoxy) is 2. The molecule has 1 aliphatic rings. The smallest absolute Gasteiger partial charge is 0.335 e. The van der Waals surface area contributed by atoms with Crippen LogP contribution in [0.4, 0.5) is 10.5 Å². The summed E-state index contributed by atoms with van der Waals surface area (Å²) in [6.45, 7) is 4.08. The highest BCUT2D eigenvalue weighted by molar-refractivity contribution is 9.10. The molecule has 8 heteroatoms. The lowest BCUT2D eigenvalue weighted by Gasteiger charge is -2.27. The minimum Gasteiger partial charge on any atom is -0.493 e. The fourth-order valence-corrected chi connectivity index (χ4v) is 4.41. The second kappa shape index (κ2) is 10.1.